The zero-order valence-electron chi connectivity index (χ0n) is 10.0. The monoisotopic (exact) mass is 363 g/mol. The zero-order chi connectivity index (χ0) is 14.0. The summed E-state index contributed by atoms with van der Waals surface area (Å²) in [6.45, 7) is 1.83. The molecule has 1 aromatic heterocycles. The summed E-state index contributed by atoms with van der Waals surface area (Å²) in [6, 6.07) is 7.50. The molecule has 0 saturated carbocycles. The number of halogens is 2. The molecule has 0 aliphatic rings. The molecular weight excluding hydrogens is 353 g/mol. The lowest BCUT2D eigenvalue weighted by molar-refractivity contribution is 0.588. The second kappa shape index (κ2) is 5.60. The first-order chi connectivity index (χ1) is 8.98. The van der Waals surface area contributed by atoms with Gasteiger partial charge in [0.1, 0.15) is 5.82 Å². The van der Waals surface area contributed by atoms with Crippen LogP contribution in [0, 0.1) is 5.82 Å². The fraction of sp³-hybridized carbons (Fsp3) is 0.167. The van der Waals surface area contributed by atoms with Crippen molar-refractivity contribution in [2.24, 2.45) is 0 Å². The summed E-state index contributed by atoms with van der Waals surface area (Å²) in [6.07, 6.45) is 0. The Morgan fingerprint density at radius 3 is 2.53 bits per heavy atom. The SMILES string of the molecule is CCN(c1ccccc1F)S(=O)(=O)c1sccc1Br. The van der Waals surface area contributed by atoms with Crippen molar-refractivity contribution in [1.29, 1.82) is 0 Å². The number of nitrogens with zero attached hydrogens (tertiary/aromatic N) is 1. The molecule has 0 N–H and O–H groups in total. The summed E-state index contributed by atoms with van der Waals surface area (Å²) in [5.74, 6) is -0.555. The fourth-order valence-electron chi connectivity index (χ4n) is 1.69. The smallest absolute Gasteiger partial charge is 0.263 e. The largest absolute Gasteiger partial charge is 0.275 e. The zero-order valence-corrected chi connectivity index (χ0v) is 13.2. The van der Waals surface area contributed by atoms with Crippen LogP contribution in [0.2, 0.25) is 0 Å². The molecule has 102 valence electrons. The number of thiophene rings is 1. The van der Waals surface area contributed by atoms with Crippen LogP contribution in [-0.4, -0.2) is 15.0 Å². The Balaban J connectivity index is 2.55. The minimum absolute atomic E-state index is 0.0605. The molecule has 0 amide bonds. The van der Waals surface area contributed by atoms with E-state index < -0.39 is 15.8 Å². The lowest BCUT2D eigenvalue weighted by atomic mass is 10.3. The number of rotatable bonds is 4. The van der Waals surface area contributed by atoms with Crippen molar-refractivity contribution < 1.29 is 12.8 Å². The predicted molar refractivity (Wildman–Crippen MR) is 78.6 cm³/mol. The van der Waals surface area contributed by atoms with Gasteiger partial charge in [-0.15, -0.1) is 11.3 Å². The number of sulfonamides is 1. The third-order valence-corrected chi connectivity index (χ3v) is 7.05. The summed E-state index contributed by atoms with van der Waals surface area (Å²) in [7, 11) is -3.75. The highest BCUT2D eigenvalue weighted by Gasteiger charge is 2.28. The first kappa shape index (κ1) is 14.5. The molecular formula is C12H11BrFNO2S2. The van der Waals surface area contributed by atoms with Crippen molar-refractivity contribution in [3.05, 3.63) is 46.0 Å². The maximum atomic E-state index is 13.8. The lowest BCUT2D eigenvalue weighted by Gasteiger charge is -2.22. The van der Waals surface area contributed by atoms with Crippen molar-refractivity contribution in [1.82, 2.24) is 0 Å². The Hall–Kier alpha value is -0.920. The Kier molecular flexibility index (Phi) is 4.27. The molecule has 0 radical (unpaired) electrons. The molecule has 2 aromatic rings. The van der Waals surface area contributed by atoms with E-state index in [1.807, 2.05) is 0 Å². The molecule has 0 spiro atoms. The summed E-state index contributed by atoms with van der Waals surface area (Å²) in [5.41, 5.74) is 0.0605. The van der Waals surface area contributed by atoms with E-state index in [0.717, 1.165) is 15.6 Å². The lowest BCUT2D eigenvalue weighted by Crippen LogP contribution is -2.31. The molecule has 7 heteroatoms. The van der Waals surface area contributed by atoms with Gasteiger partial charge in [-0.2, -0.15) is 0 Å². The van der Waals surface area contributed by atoms with E-state index in [1.165, 1.54) is 18.2 Å². The molecule has 0 aliphatic heterocycles. The predicted octanol–water partition coefficient (Wildman–Crippen LogP) is 3.86. The standard InChI is InChI=1S/C12H11BrFNO2S2/c1-2-15(11-6-4-3-5-10(11)14)19(16,17)12-9(13)7-8-18-12/h3-8H,2H2,1H3. The van der Waals surface area contributed by atoms with Crippen molar-refractivity contribution in [2.75, 3.05) is 10.8 Å². The fourth-order valence-corrected chi connectivity index (χ4v) is 5.58. The van der Waals surface area contributed by atoms with Gasteiger partial charge < -0.3 is 0 Å². The van der Waals surface area contributed by atoms with Crippen molar-refractivity contribution >= 4 is 43.0 Å². The van der Waals surface area contributed by atoms with Crippen LogP contribution in [0.3, 0.4) is 0 Å². The molecule has 0 unspecified atom stereocenters. The van der Waals surface area contributed by atoms with Crippen molar-refractivity contribution in [3.8, 4) is 0 Å². The Morgan fingerprint density at radius 1 is 1.32 bits per heavy atom. The van der Waals surface area contributed by atoms with Gasteiger partial charge in [-0.05, 0) is 46.4 Å². The van der Waals surface area contributed by atoms with Gasteiger partial charge in [-0.25, -0.2) is 12.8 Å². The number of hydrogen-bond acceptors (Lipinski definition) is 3. The molecule has 0 aliphatic carbocycles. The van der Waals surface area contributed by atoms with Crippen LogP contribution in [0.5, 0.6) is 0 Å². The molecule has 1 aromatic carbocycles. The molecule has 19 heavy (non-hydrogen) atoms. The molecule has 0 bridgehead atoms. The van der Waals surface area contributed by atoms with Gasteiger partial charge >= 0.3 is 0 Å². The third kappa shape index (κ3) is 2.68. The topological polar surface area (TPSA) is 37.4 Å². The average molecular weight is 364 g/mol. The van der Waals surface area contributed by atoms with Crippen LogP contribution >= 0.6 is 27.3 Å². The summed E-state index contributed by atoms with van der Waals surface area (Å²) in [4.78, 5) is 0. The minimum atomic E-state index is -3.75. The minimum Gasteiger partial charge on any atom is -0.263 e. The number of para-hydroxylation sites is 1. The van der Waals surface area contributed by atoms with Crippen LogP contribution < -0.4 is 4.31 Å². The van der Waals surface area contributed by atoms with Gasteiger partial charge in [-0.1, -0.05) is 12.1 Å². The van der Waals surface area contributed by atoms with E-state index in [4.69, 9.17) is 0 Å². The first-order valence-electron chi connectivity index (χ1n) is 5.48. The van der Waals surface area contributed by atoms with E-state index in [1.54, 1.807) is 24.4 Å². The van der Waals surface area contributed by atoms with Crippen LogP contribution in [0.15, 0.2) is 44.4 Å². The molecule has 1 heterocycles. The molecule has 2 rings (SSSR count). The summed E-state index contributed by atoms with van der Waals surface area (Å²) >= 11 is 4.30. The average Bonchev–Trinajstić information content (AvgIpc) is 2.79. The Labute approximate surface area is 123 Å². The summed E-state index contributed by atoms with van der Waals surface area (Å²) in [5, 5.41) is 1.67. The molecule has 0 atom stereocenters. The van der Waals surface area contributed by atoms with Crippen LogP contribution in [0.4, 0.5) is 10.1 Å². The third-order valence-electron chi connectivity index (χ3n) is 2.52. The quantitative estimate of drug-likeness (QED) is 0.826. The van der Waals surface area contributed by atoms with E-state index in [-0.39, 0.29) is 16.4 Å². The Morgan fingerprint density at radius 2 is 2.00 bits per heavy atom. The Bertz CT molecular complexity index is 685. The van der Waals surface area contributed by atoms with Gasteiger partial charge in [0, 0.05) is 11.0 Å². The second-order valence-electron chi connectivity index (χ2n) is 3.68. The second-order valence-corrected chi connectivity index (χ2v) is 7.51. The van der Waals surface area contributed by atoms with Crippen LogP contribution in [0.25, 0.3) is 0 Å². The van der Waals surface area contributed by atoms with E-state index in [0.29, 0.717) is 4.47 Å². The van der Waals surface area contributed by atoms with Crippen LogP contribution in [-0.2, 0) is 10.0 Å². The van der Waals surface area contributed by atoms with Gasteiger partial charge in [0.2, 0.25) is 0 Å². The van der Waals surface area contributed by atoms with Crippen molar-refractivity contribution in [3.63, 3.8) is 0 Å². The number of benzene rings is 1. The summed E-state index contributed by atoms with van der Waals surface area (Å²) < 4.78 is 40.6. The first-order valence-corrected chi connectivity index (χ1v) is 8.60. The number of hydrogen-bond donors (Lipinski definition) is 0. The van der Waals surface area contributed by atoms with Gasteiger partial charge in [0.15, 0.2) is 4.21 Å². The molecule has 3 nitrogen and oxygen atoms in total. The maximum Gasteiger partial charge on any atom is 0.275 e. The normalized spacial score (nSPS) is 11.5. The number of anilines is 1. The van der Waals surface area contributed by atoms with E-state index >= 15 is 0 Å². The highest BCUT2D eigenvalue weighted by Crippen LogP contribution is 2.33. The van der Waals surface area contributed by atoms with Crippen molar-refractivity contribution in [2.45, 2.75) is 11.1 Å². The van der Waals surface area contributed by atoms with Gasteiger partial charge in [0.25, 0.3) is 10.0 Å². The maximum absolute atomic E-state index is 13.8. The molecule has 0 fully saturated rings. The highest BCUT2D eigenvalue weighted by molar-refractivity contribution is 9.10. The van der Waals surface area contributed by atoms with E-state index in [9.17, 15) is 12.8 Å². The van der Waals surface area contributed by atoms with Gasteiger partial charge in [-0.3, -0.25) is 4.31 Å². The highest BCUT2D eigenvalue weighted by atomic mass is 79.9. The van der Waals surface area contributed by atoms with Gasteiger partial charge in [0.05, 0.1) is 5.69 Å². The van der Waals surface area contributed by atoms with Crippen LogP contribution in [0.1, 0.15) is 6.92 Å². The molecule has 0 saturated heterocycles. The van der Waals surface area contributed by atoms with E-state index in [2.05, 4.69) is 15.9 Å².